The third-order valence-electron chi connectivity index (χ3n) is 3.67. The number of aryl methyl sites for hydroxylation is 1. The molecule has 3 aromatic rings. The Bertz CT molecular complexity index is 722. The van der Waals surface area contributed by atoms with Gasteiger partial charge in [-0.1, -0.05) is 61.0 Å². The van der Waals surface area contributed by atoms with E-state index in [0.29, 0.717) is 5.92 Å². The summed E-state index contributed by atoms with van der Waals surface area (Å²) in [6.45, 7) is 6.47. The Morgan fingerprint density at radius 3 is 2.19 bits per heavy atom. The zero-order valence-electron chi connectivity index (χ0n) is 12.6. The van der Waals surface area contributed by atoms with Crippen molar-refractivity contribution in [1.82, 2.24) is 15.0 Å². The molecule has 21 heavy (non-hydrogen) atoms. The van der Waals surface area contributed by atoms with Gasteiger partial charge in [-0.05, 0) is 30.5 Å². The minimum atomic E-state index is 0.544. The van der Waals surface area contributed by atoms with Crippen molar-refractivity contribution < 1.29 is 0 Å². The number of hydrogen-bond donors (Lipinski definition) is 0. The summed E-state index contributed by atoms with van der Waals surface area (Å²) in [7, 11) is 0. The molecule has 0 bridgehead atoms. The maximum Gasteiger partial charge on any atom is 0.113 e. The van der Waals surface area contributed by atoms with E-state index >= 15 is 0 Å². The van der Waals surface area contributed by atoms with Crippen molar-refractivity contribution in [3.63, 3.8) is 0 Å². The second-order valence-corrected chi connectivity index (χ2v) is 5.66. The summed E-state index contributed by atoms with van der Waals surface area (Å²) >= 11 is 0. The molecule has 0 spiro atoms. The first-order chi connectivity index (χ1) is 10.1. The highest BCUT2D eigenvalue weighted by molar-refractivity contribution is 5.58. The van der Waals surface area contributed by atoms with E-state index in [4.69, 9.17) is 0 Å². The molecule has 2 aromatic carbocycles. The lowest BCUT2D eigenvalue weighted by molar-refractivity contribution is 0.803. The van der Waals surface area contributed by atoms with Gasteiger partial charge in [0.15, 0.2) is 0 Å². The smallest absolute Gasteiger partial charge is 0.113 e. The Kier molecular flexibility index (Phi) is 3.57. The van der Waals surface area contributed by atoms with Gasteiger partial charge < -0.3 is 0 Å². The van der Waals surface area contributed by atoms with Gasteiger partial charge in [0.2, 0.25) is 0 Å². The van der Waals surface area contributed by atoms with Crippen LogP contribution in [0.4, 0.5) is 0 Å². The van der Waals surface area contributed by atoms with Gasteiger partial charge in [0.1, 0.15) is 5.69 Å². The zero-order chi connectivity index (χ0) is 14.8. The van der Waals surface area contributed by atoms with Gasteiger partial charge in [0, 0.05) is 5.56 Å². The molecule has 0 saturated heterocycles. The van der Waals surface area contributed by atoms with Gasteiger partial charge in [-0.25, -0.2) is 4.68 Å². The summed E-state index contributed by atoms with van der Waals surface area (Å²) in [4.78, 5) is 0. The van der Waals surface area contributed by atoms with Crippen molar-refractivity contribution in [2.45, 2.75) is 26.7 Å². The van der Waals surface area contributed by atoms with Gasteiger partial charge in [-0.15, -0.1) is 5.10 Å². The van der Waals surface area contributed by atoms with E-state index in [1.54, 1.807) is 0 Å². The molecular weight excluding hydrogens is 258 g/mol. The highest BCUT2D eigenvalue weighted by Gasteiger charge is 2.06. The van der Waals surface area contributed by atoms with Crippen LogP contribution in [0.2, 0.25) is 0 Å². The van der Waals surface area contributed by atoms with Crippen LogP contribution < -0.4 is 0 Å². The second kappa shape index (κ2) is 5.52. The Morgan fingerprint density at radius 1 is 0.905 bits per heavy atom. The van der Waals surface area contributed by atoms with Crippen LogP contribution in [0.3, 0.4) is 0 Å². The number of aromatic nitrogens is 3. The number of benzene rings is 2. The maximum absolute atomic E-state index is 4.27. The quantitative estimate of drug-likeness (QED) is 0.712. The zero-order valence-corrected chi connectivity index (χ0v) is 12.6. The molecule has 1 aromatic heterocycles. The van der Waals surface area contributed by atoms with Crippen LogP contribution >= 0.6 is 0 Å². The van der Waals surface area contributed by atoms with E-state index in [1.165, 1.54) is 11.1 Å². The Balaban J connectivity index is 1.89. The molecule has 0 saturated carbocycles. The summed E-state index contributed by atoms with van der Waals surface area (Å²) < 4.78 is 1.81. The summed E-state index contributed by atoms with van der Waals surface area (Å²) in [5.41, 5.74) is 5.59. The van der Waals surface area contributed by atoms with E-state index in [0.717, 1.165) is 16.9 Å². The van der Waals surface area contributed by atoms with Crippen LogP contribution in [0.25, 0.3) is 16.9 Å². The lowest BCUT2D eigenvalue weighted by Crippen LogP contribution is -1.94. The second-order valence-electron chi connectivity index (χ2n) is 5.66. The summed E-state index contributed by atoms with van der Waals surface area (Å²) in [5, 5.41) is 8.49. The fourth-order valence-corrected chi connectivity index (χ4v) is 2.26. The van der Waals surface area contributed by atoms with Gasteiger partial charge >= 0.3 is 0 Å². The third kappa shape index (κ3) is 2.87. The normalized spacial score (nSPS) is 11.0. The van der Waals surface area contributed by atoms with Gasteiger partial charge in [0.25, 0.3) is 0 Å². The average Bonchev–Trinajstić information content (AvgIpc) is 2.98. The topological polar surface area (TPSA) is 30.7 Å². The SMILES string of the molecule is Cc1ccc(-n2cc(-c3ccc(C(C)C)cc3)nn2)cc1. The molecular formula is C18H19N3. The van der Waals surface area contributed by atoms with E-state index in [1.807, 2.05) is 10.9 Å². The first-order valence-corrected chi connectivity index (χ1v) is 7.23. The molecule has 1 heterocycles. The van der Waals surface area contributed by atoms with E-state index in [-0.39, 0.29) is 0 Å². The van der Waals surface area contributed by atoms with Crippen LogP contribution in [0, 0.1) is 6.92 Å². The Morgan fingerprint density at radius 2 is 1.57 bits per heavy atom. The highest BCUT2D eigenvalue weighted by Crippen LogP contribution is 2.21. The average molecular weight is 277 g/mol. The number of rotatable bonds is 3. The molecule has 0 atom stereocenters. The fourth-order valence-electron chi connectivity index (χ4n) is 2.26. The highest BCUT2D eigenvalue weighted by atomic mass is 15.4. The van der Waals surface area contributed by atoms with Crippen molar-refractivity contribution >= 4 is 0 Å². The molecule has 0 N–H and O–H groups in total. The van der Waals surface area contributed by atoms with Crippen molar-refractivity contribution in [3.8, 4) is 16.9 Å². The van der Waals surface area contributed by atoms with Crippen molar-refractivity contribution in [1.29, 1.82) is 0 Å². The lowest BCUT2D eigenvalue weighted by Gasteiger charge is -2.05. The summed E-state index contributed by atoms with van der Waals surface area (Å²) in [6.07, 6.45) is 1.97. The molecule has 3 rings (SSSR count). The van der Waals surface area contributed by atoms with E-state index in [2.05, 4.69) is 79.6 Å². The fraction of sp³-hybridized carbons (Fsp3) is 0.222. The maximum atomic E-state index is 4.27. The molecule has 0 aliphatic carbocycles. The van der Waals surface area contributed by atoms with Crippen LogP contribution in [0.5, 0.6) is 0 Å². The molecule has 0 aliphatic rings. The molecule has 3 nitrogen and oxygen atoms in total. The van der Waals surface area contributed by atoms with Crippen LogP contribution in [-0.2, 0) is 0 Å². The lowest BCUT2D eigenvalue weighted by atomic mass is 10.0. The predicted octanol–water partition coefficient (Wildman–Crippen LogP) is 4.37. The van der Waals surface area contributed by atoms with E-state index < -0.39 is 0 Å². The third-order valence-corrected chi connectivity index (χ3v) is 3.67. The molecule has 106 valence electrons. The summed E-state index contributed by atoms with van der Waals surface area (Å²) in [5.74, 6) is 0.544. The largest absolute Gasteiger partial charge is 0.220 e. The van der Waals surface area contributed by atoms with Crippen LogP contribution in [0.15, 0.2) is 54.7 Å². The first-order valence-electron chi connectivity index (χ1n) is 7.23. The first kappa shape index (κ1) is 13.6. The van der Waals surface area contributed by atoms with Crippen LogP contribution in [0.1, 0.15) is 30.9 Å². The molecule has 0 unspecified atom stereocenters. The van der Waals surface area contributed by atoms with Gasteiger partial charge in [-0.3, -0.25) is 0 Å². The van der Waals surface area contributed by atoms with Gasteiger partial charge in [0.05, 0.1) is 11.9 Å². The van der Waals surface area contributed by atoms with Crippen LogP contribution in [-0.4, -0.2) is 15.0 Å². The van der Waals surface area contributed by atoms with Gasteiger partial charge in [-0.2, -0.15) is 0 Å². The minimum Gasteiger partial charge on any atom is -0.220 e. The van der Waals surface area contributed by atoms with Crippen molar-refractivity contribution in [2.75, 3.05) is 0 Å². The Hall–Kier alpha value is -2.42. The molecule has 0 radical (unpaired) electrons. The minimum absolute atomic E-state index is 0.544. The van der Waals surface area contributed by atoms with E-state index in [9.17, 15) is 0 Å². The number of nitrogens with zero attached hydrogens (tertiary/aromatic N) is 3. The monoisotopic (exact) mass is 277 g/mol. The predicted molar refractivity (Wildman–Crippen MR) is 85.6 cm³/mol. The number of hydrogen-bond acceptors (Lipinski definition) is 2. The molecule has 3 heteroatoms. The molecule has 0 amide bonds. The molecule has 0 aliphatic heterocycles. The Labute approximate surface area is 125 Å². The summed E-state index contributed by atoms with van der Waals surface area (Å²) in [6, 6.07) is 16.8. The standard InChI is InChI=1S/C18H19N3/c1-13(2)15-6-8-16(9-7-15)18-12-21(20-19-18)17-10-4-14(3)5-11-17/h4-13H,1-3H3. The van der Waals surface area contributed by atoms with Crippen molar-refractivity contribution in [3.05, 3.63) is 65.9 Å². The van der Waals surface area contributed by atoms with Crippen molar-refractivity contribution in [2.24, 2.45) is 0 Å². The molecule has 0 fully saturated rings.